The molecule has 2 aromatic carbocycles. The van der Waals surface area contributed by atoms with Gasteiger partial charge in [-0.3, -0.25) is 0 Å². The lowest BCUT2D eigenvalue weighted by molar-refractivity contribution is -0.201. The Morgan fingerprint density at radius 3 is 2.33 bits per heavy atom. The minimum atomic E-state index is -4.43. The second-order valence-corrected chi connectivity index (χ2v) is 5.60. The van der Waals surface area contributed by atoms with Gasteiger partial charge in [-0.15, -0.1) is 0 Å². The van der Waals surface area contributed by atoms with Gasteiger partial charge in [-0.1, -0.05) is 52.3 Å². The number of halogens is 4. The molecule has 21 heavy (non-hydrogen) atoms. The summed E-state index contributed by atoms with van der Waals surface area (Å²) >= 11 is 3.32. The van der Waals surface area contributed by atoms with E-state index in [1.54, 1.807) is 24.3 Å². The van der Waals surface area contributed by atoms with Gasteiger partial charge in [0.05, 0.1) is 0 Å². The van der Waals surface area contributed by atoms with Crippen LogP contribution >= 0.6 is 15.9 Å². The van der Waals surface area contributed by atoms with Crippen molar-refractivity contribution >= 4 is 27.8 Å². The third kappa shape index (κ3) is 2.83. The van der Waals surface area contributed by atoms with Gasteiger partial charge in [0.15, 0.2) is 0 Å². The van der Waals surface area contributed by atoms with E-state index in [2.05, 4.69) is 15.9 Å². The fourth-order valence-electron chi connectivity index (χ4n) is 2.27. The highest BCUT2D eigenvalue weighted by Gasteiger charge is 2.48. The second-order valence-electron chi connectivity index (χ2n) is 4.69. The van der Waals surface area contributed by atoms with E-state index in [-0.39, 0.29) is 11.3 Å². The number of alkyl halides is 3. The molecule has 0 radical (unpaired) electrons. The van der Waals surface area contributed by atoms with Crippen LogP contribution in [0.2, 0.25) is 0 Å². The van der Waals surface area contributed by atoms with Crippen LogP contribution in [0.25, 0.3) is 11.8 Å². The summed E-state index contributed by atoms with van der Waals surface area (Å²) in [6.07, 6.45) is -4.70. The molecule has 1 unspecified atom stereocenters. The number of benzene rings is 2. The highest BCUT2D eigenvalue weighted by atomic mass is 79.9. The van der Waals surface area contributed by atoms with Crippen molar-refractivity contribution in [3.63, 3.8) is 0 Å². The fourth-order valence-corrected chi connectivity index (χ4v) is 2.53. The fraction of sp³-hybridized carbons (Fsp3) is 0.125. The molecule has 0 aliphatic carbocycles. The van der Waals surface area contributed by atoms with E-state index in [1.807, 2.05) is 24.3 Å². The lowest BCUT2D eigenvalue weighted by atomic mass is 10.0. The number of hydrogen-bond acceptors (Lipinski definition) is 1. The molecule has 5 heteroatoms. The zero-order chi connectivity index (χ0) is 15.0. The Balaban J connectivity index is 2.03. The molecule has 3 rings (SSSR count). The van der Waals surface area contributed by atoms with Crippen molar-refractivity contribution in [3.05, 3.63) is 69.7 Å². The van der Waals surface area contributed by atoms with Gasteiger partial charge in [0, 0.05) is 15.6 Å². The van der Waals surface area contributed by atoms with E-state index < -0.39 is 12.3 Å². The average Bonchev–Trinajstić information content (AvgIpc) is 2.81. The summed E-state index contributed by atoms with van der Waals surface area (Å²) in [5, 5.41) is 0. The van der Waals surface area contributed by atoms with Crippen molar-refractivity contribution in [2.45, 2.75) is 12.3 Å². The van der Waals surface area contributed by atoms with E-state index in [0.717, 1.165) is 10.0 Å². The number of hydrogen-bond donors (Lipinski definition) is 0. The van der Waals surface area contributed by atoms with Crippen LogP contribution in [-0.4, -0.2) is 6.18 Å². The molecule has 0 N–H and O–H groups in total. The molecule has 1 heterocycles. The van der Waals surface area contributed by atoms with Crippen molar-refractivity contribution in [3.8, 4) is 0 Å². The maximum atomic E-state index is 13.0. The first-order valence-electron chi connectivity index (χ1n) is 6.25. The van der Waals surface area contributed by atoms with Gasteiger partial charge in [-0.25, -0.2) is 0 Å². The van der Waals surface area contributed by atoms with Gasteiger partial charge in [0.25, 0.3) is 0 Å². The predicted molar refractivity (Wildman–Crippen MR) is 78.3 cm³/mol. The van der Waals surface area contributed by atoms with Crippen molar-refractivity contribution in [1.29, 1.82) is 0 Å². The molecule has 1 nitrogen and oxygen atoms in total. The summed E-state index contributed by atoms with van der Waals surface area (Å²) in [6.45, 7) is 0. The van der Waals surface area contributed by atoms with Crippen LogP contribution in [0, 0.1) is 0 Å². The maximum Gasteiger partial charge on any atom is 0.429 e. The summed E-state index contributed by atoms with van der Waals surface area (Å²) in [5.74, 6) is 0.246. The van der Waals surface area contributed by atoms with Gasteiger partial charge in [0.1, 0.15) is 5.76 Å². The number of rotatable bonds is 1. The van der Waals surface area contributed by atoms with Gasteiger partial charge in [-0.2, -0.15) is 13.2 Å². The summed E-state index contributed by atoms with van der Waals surface area (Å²) in [4.78, 5) is 0. The predicted octanol–water partition coefficient (Wildman–Crippen LogP) is 5.58. The molecule has 0 bridgehead atoms. The van der Waals surface area contributed by atoms with Crippen LogP contribution in [0.3, 0.4) is 0 Å². The summed E-state index contributed by atoms with van der Waals surface area (Å²) in [6, 6.07) is 13.7. The van der Waals surface area contributed by atoms with E-state index in [4.69, 9.17) is 4.74 Å². The van der Waals surface area contributed by atoms with Crippen LogP contribution in [0.5, 0.6) is 0 Å². The smallest absolute Gasteiger partial charge is 0.429 e. The minimum absolute atomic E-state index is 0.161. The maximum absolute atomic E-state index is 13.0. The molecule has 0 aromatic heterocycles. The van der Waals surface area contributed by atoms with Gasteiger partial charge < -0.3 is 4.74 Å². The summed E-state index contributed by atoms with van der Waals surface area (Å²) in [5.41, 5.74) is 1.43. The molecule has 2 aromatic rings. The largest absolute Gasteiger partial charge is 0.475 e. The topological polar surface area (TPSA) is 9.23 Å². The molecule has 108 valence electrons. The number of ether oxygens (including phenoxy) is 1. The lowest BCUT2D eigenvalue weighted by Gasteiger charge is -2.15. The Bertz CT molecular complexity index is 689. The minimum Gasteiger partial charge on any atom is -0.475 e. The zero-order valence-electron chi connectivity index (χ0n) is 10.7. The first kappa shape index (κ1) is 14.2. The standard InChI is InChI=1S/C16H10BrF3O/c17-11-7-5-10(6-8-11)9-14-12-3-1-2-4-13(12)15(21-14)16(18,19)20/h1-9,15H/b14-9-. The molecule has 0 saturated carbocycles. The SMILES string of the molecule is FC(F)(F)C1O/C(=C\c2ccc(Br)cc2)c2ccccc21. The first-order valence-corrected chi connectivity index (χ1v) is 7.04. The Kier molecular flexibility index (Phi) is 3.53. The molecule has 0 amide bonds. The molecular weight excluding hydrogens is 345 g/mol. The molecule has 0 spiro atoms. The van der Waals surface area contributed by atoms with Crippen LogP contribution in [0.15, 0.2) is 53.0 Å². The van der Waals surface area contributed by atoms with Gasteiger partial charge in [-0.05, 0) is 23.8 Å². The van der Waals surface area contributed by atoms with Crippen LogP contribution < -0.4 is 0 Å². The van der Waals surface area contributed by atoms with E-state index in [1.165, 1.54) is 6.07 Å². The third-order valence-electron chi connectivity index (χ3n) is 3.22. The summed E-state index contributed by atoms with van der Waals surface area (Å²) in [7, 11) is 0. The van der Waals surface area contributed by atoms with Crippen molar-refractivity contribution in [1.82, 2.24) is 0 Å². The first-order chi connectivity index (χ1) is 9.95. The van der Waals surface area contributed by atoms with Gasteiger partial charge >= 0.3 is 6.18 Å². The molecule has 0 fully saturated rings. The van der Waals surface area contributed by atoms with Crippen LogP contribution in [-0.2, 0) is 4.74 Å². The summed E-state index contributed by atoms with van der Waals surface area (Å²) < 4.78 is 45.2. The number of fused-ring (bicyclic) bond motifs is 1. The monoisotopic (exact) mass is 354 g/mol. The Labute approximate surface area is 128 Å². The molecule has 1 aliphatic rings. The molecule has 1 atom stereocenters. The zero-order valence-corrected chi connectivity index (χ0v) is 12.3. The van der Waals surface area contributed by atoms with Gasteiger partial charge in [0.2, 0.25) is 6.10 Å². The molecule has 1 aliphatic heterocycles. The van der Waals surface area contributed by atoms with Crippen molar-refractivity contribution < 1.29 is 17.9 Å². The molecule has 0 saturated heterocycles. The van der Waals surface area contributed by atoms with E-state index >= 15 is 0 Å². The van der Waals surface area contributed by atoms with E-state index in [9.17, 15) is 13.2 Å². The average molecular weight is 355 g/mol. The quantitative estimate of drug-likeness (QED) is 0.649. The highest BCUT2D eigenvalue weighted by Crippen LogP contribution is 2.47. The van der Waals surface area contributed by atoms with E-state index in [0.29, 0.717) is 5.56 Å². The Morgan fingerprint density at radius 1 is 1.00 bits per heavy atom. The molecular formula is C16H10BrF3O. The Hall–Kier alpha value is -1.75. The normalized spacial score (nSPS) is 19.4. The lowest BCUT2D eigenvalue weighted by Crippen LogP contribution is -2.19. The Morgan fingerprint density at radius 2 is 1.67 bits per heavy atom. The van der Waals surface area contributed by atoms with Crippen LogP contribution in [0.4, 0.5) is 13.2 Å². The highest BCUT2D eigenvalue weighted by molar-refractivity contribution is 9.10. The third-order valence-corrected chi connectivity index (χ3v) is 3.75. The second kappa shape index (κ2) is 5.22. The van der Waals surface area contributed by atoms with Crippen LogP contribution in [0.1, 0.15) is 22.8 Å². The van der Waals surface area contributed by atoms with Crippen molar-refractivity contribution in [2.24, 2.45) is 0 Å². The van der Waals surface area contributed by atoms with Crippen molar-refractivity contribution in [2.75, 3.05) is 0 Å².